The first kappa shape index (κ1) is 31.0. The van der Waals surface area contributed by atoms with Crippen LogP contribution in [0.25, 0.3) is 0 Å². The van der Waals surface area contributed by atoms with Crippen molar-refractivity contribution in [3.8, 4) is 0 Å². The van der Waals surface area contributed by atoms with Crippen LogP contribution in [0.15, 0.2) is 36.9 Å². The summed E-state index contributed by atoms with van der Waals surface area (Å²) in [5, 5.41) is 18.5. The molecule has 4 heterocycles. The molecule has 212 valence electrons. The lowest BCUT2D eigenvalue weighted by Gasteiger charge is -2.27. The number of likely N-dealkylation sites (tertiary alicyclic amines) is 1. The smallest absolute Gasteiger partial charge is 0.475 e. The molecule has 0 spiro atoms. The number of carboxylic acids is 2. The van der Waals surface area contributed by atoms with Crippen molar-refractivity contribution in [3.05, 3.63) is 48.0 Å². The lowest BCUT2D eigenvalue weighted by molar-refractivity contribution is -0.193. The molecule has 16 heteroatoms. The summed E-state index contributed by atoms with van der Waals surface area (Å²) < 4.78 is 77.2. The third kappa shape index (κ3) is 9.57. The van der Waals surface area contributed by atoms with Gasteiger partial charge in [-0.15, -0.1) is 0 Å². The molecule has 0 unspecified atom stereocenters. The van der Waals surface area contributed by atoms with Gasteiger partial charge in [0.25, 0.3) is 0 Å². The van der Waals surface area contributed by atoms with Gasteiger partial charge in [0, 0.05) is 62.2 Å². The van der Waals surface area contributed by atoms with Crippen molar-refractivity contribution >= 4 is 11.9 Å². The zero-order valence-electron chi connectivity index (χ0n) is 20.1. The van der Waals surface area contributed by atoms with Gasteiger partial charge in [-0.1, -0.05) is 0 Å². The Kier molecular flexibility index (Phi) is 10.6. The van der Waals surface area contributed by atoms with Crippen LogP contribution in [0.2, 0.25) is 0 Å². The van der Waals surface area contributed by atoms with E-state index in [2.05, 4.69) is 21.2 Å². The number of carbonyl (C=O) groups is 2. The van der Waals surface area contributed by atoms with Crippen LogP contribution in [0, 0.1) is 11.3 Å². The van der Waals surface area contributed by atoms with E-state index in [0.29, 0.717) is 12.5 Å². The first-order valence-corrected chi connectivity index (χ1v) is 11.0. The van der Waals surface area contributed by atoms with Gasteiger partial charge in [0.1, 0.15) is 0 Å². The minimum absolute atomic E-state index is 0.134. The normalized spacial score (nSPS) is 21.1. The summed E-state index contributed by atoms with van der Waals surface area (Å²) in [6.07, 6.45) is -2.50. The summed E-state index contributed by atoms with van der Waals surface area (Å²) in [7, 11) is 1.96. The largest absolute Gasteiger partial charge is 0.490 e. The third-order valence-electron chi connectivity index (χ3n) is 5.65. The molecule has 0 radical (unpaired) electrons. The van der Waals surface area contributed by atoms with Gasteiger partial charge in [0.2, 0.25) is 0 Å². The summed E-state index contributed by atoms with van der Waals surface area (Å²) in [5.41, 5.74) is 2.57. The molecule has 2 aromatic heterocycles. The highest BCUT2D eigenvalue weighted by Crippen LogP contribution is 2.42. The van der Waals surface area contributed by atoms with Crippen LogP contribution >= 0.6 is 0 Å². The number of aryl methyl sites for hydroxylation is 1. The van der Waals surface area contributed by atoms with E-state index >= 15 is 0 Å². The number of alkyl halides is 6. The molecule has 0 saturated carbocycles. The second-order valence-electron chi connectivity index (χ2n) is 8.72. The Morgan fingerprint density at radius 2 is 1.68 bits per heavy atom. The van der Waals surface area contributed by atoms with Crippen molar-refractivity contribution in [1.29, 1.82) is 0 Å². The Balaban J connectivity index is 0.000000301. The highest BCUT2D eigenvalue weighted by atomic mass is 19.4. The number of carboxylic acid groups (broad SMARTS) is 2. The summed E-state index contributed by atoms with van der Waals surface area (Å²) in [6.45, 7) is 6.11. The van der Waals surface area contributed by atoms with Gasteiger partial charge in [-0.2, -0.15) is 31.4 Å². The van der Waals surface area contributed by atoms with Gasteiger partial charge in [0.15, 0.2) is 0 Å². The molecular formula is C22H26F6N4O6. The summed E-state index contributed by atoms with van der Waals surface area (Å²) in [4.78, 5) is 24.4. The van der Waals surface area contributed by atoms with Crippen LogP contribution in [-0.2, 0) is 39.3 Å². The van der Waals surface area contributed by atoms with E-state index in [0.717, 1.165) is 39.5 Å². The van der Waals surface area contributed by atoms with E-state index in [-0.39, 0.29) is 5.41 Å². The van der Waals surface area contributed by atoms with Crippen LogP contribution < -0.4 is 0 Å². The summed E-state index contributed by atoms with van der Waals surface area (Å²) in [5.74, 6) is -4.95. The molecule has 2 N–H and O–H groups in total. The van der Waals surface area contributed by atoms with E-state index in [1.165, 1.54) is 11.1 Å². The highest BCUT2D eigenvalue weighted by molar-refractivity contribution is 5.73. The average Bonchev–Trinajstić information content (AvgIpc) is 3.48. The van der Waals surface area contributed by atoms with Crippen molar-refractivity contribution in [2.75, 3.05) is 32.9 Å². The number of rotatable bonds is 6. The highest BCUT2D eigenvalue weighted by Gasteiger charge is 2.50. The minimum atomic E-state index is -5.08. The van der Waals surface area contributed by atoms with E-state index in [4.69, 9.17) is 29.3 Å². The second-order valence-corrected chi connectivity index (χ2v) is 8.72. The molecule has 0 aliphatic carbocycles. The van der Waals surface area contributed by atoms with Crippen LogP contribution in [0.3, 0.4) is 0 Å². The predicted octanol–water partition coefficient (Wildman–Crippen LogP) is 2.75. The Morgan fingerprint density at radius 3 is 2.18 bits per heavy atom. The number of aliphatic carboxylic acids is 2. The fraction of sp³-hybridized carbons (Fsp3) is 0.545. The van der Waals surface area contributed by atoms with Crippen LogP contribution in [0.4, 0.5) is 26.3 Å². The Bertz CT molecular complexity index is 1020. The van der Waals surface area contributed by atoms with E-state index in [9.17, 15) is 26.3 Å². The zero-order chi connectivity index (χ0) is 28.6. The molecule has 2 atom stereocenters. The van der Waals surface area contributed by atoms with Crippen LogP contribution in [-0.4, -0.2) is 87.1 Å². The fourth-order valence-corrected chi connectivity index (χ4v) is 3.93. The first-order valence-electron chi connectivity index (χ1n) is 11.0. The molecule has 2 aromatic rings. The van der Waals surface area contributed by atoms with Crippen LogP contribution in [0.1, 0.15) is 11.1 Å². The van der Waals surface area contributed by atoms with E-state index in [1.54, 1.807) is 0 Å². The minimum Gasteiger partial charge on any atom is -0.475 e. The quantitative estimate of drug-likeness (QED) is 0.517. The number of pyridine rings is 1. The van der Waals surface area contributed by atoms with Gasteiger partial charge in [-0.3, -0.25) is 14.6 Å². The van der Waals surface area contributed by atoms with Crippen molar-refractivity contribution in [2.45, 2.75) is 25.5 Å². The van der Waals surface area contributed by atoms with Gasteiger partial charge in [-0.25, -0.2) is 9.59 Å². The van der Waals surface area contributed by atoms with E-state index < -0.39 is 24.3 Å². The molecule has 2 aliphatic heterocycles. The van der Waals surface area contributed by atoms with Crippen molar-refractivity contribution < 1.29 is 55.6 Å². The molecule has 10 nitrogen and oxygen atoms in total. The maximum Gasteiger partial charge on any atom is 0.490 e. The van der Waals surface area contributed by atoms with Crippen molar-refractivity contribution in [2.24, 2.45) is 18.4 Å². The number of fused-ring (bicyclic) bond motifs is 1. The fourth-order valence-electron chi connectivity index (χ4n) is 3.93. The third-order valence-corrected chi connectivity index (χ3v) is 5.65. The number of hydrogen-bond acceptors (Lipinski definition) is 7. The van der Waals surface area contributed by atoms with Gasteiger partial charge >= 0.3 is 24.3 Å². The summed E-state index contributed by atoms with van der Waals surface area (Å²) in [6, 6.07) is 4.01. The SMILES string of the molecule is Cn1cc(CN2C[C@@H]3COC[C@]3(COCc3ccncc3)C2)cn1.O=C(O)C(F)(F)F.O=C(O)C(F)(F)F. The first-order chi connectivity index (χ1) is 17.6. The number of aromatic nitrogens is 3. The number of ether oxygens (including phenoxy) is 2. The summed E-state index contributed by atoms with van der Waals surface area (Å²) >= 11 is 0. The maximum atomic E-state index is 10.6. The molecule has 0 bridgehead atoms. The van der Waals surface area contributed by atoms with Crippen LogP contribution in [0.5, 0.6) is 0 Å². The standard InChI is InChI=1S/C18H24N4O2.2C2HF3O2/c1-21-7-16(6-20-21)8-22-9-17-11-24-14-18(17,12-22)13-23-10-15-2-4-19-5-3-15;2*3-2(4,5)1(6)7/h2-7,17H,8-14H2,1H3;2*(H,6,7)/t17-,18-;;/m1../s1. The van der Waals surface area contributed by atoms with Gasteiger partial charge in [-0.05, 0) is 17.7 Å². The van der Waals surface area contributed by atoms with E-state index in [1.807, 2.05) is 42.5 Å². The molecule has 38 heavy (non-hydrogen) atoms. The van der Waals surface area contributed by atoms with Crippen molar-refractivity contribution in [3.63, 3.8) is 0 Å². The molecule has 2 aliphatic rings. The van der Waals surface area contributed by atoms with Gasteiger partial charge in [0.05, 0.1) is 32.6 Å². The monoisotopic (exact) mass is 556 g/mol. The Labute approximate surface area is 212 Å². The number of hydrogen-bond donors (Lipinski definition) is 2. The predicted molar refractivity (Wildman–Crippen MR) is 117 cm³/mol. The average molecular weight is 556 g/mol. The molecule has 2 saturated heterocycles. The Hall–Kier alpha value is -3.24. The molecule has 4 rings (SSSR count). The second kappa shape index (κ2) is 13.0. The molecule has 2 fully saturated rings. The molecule has 0 aromatic carbocycles. The maximum absolute atomic E-state index is 10.6. The number of halogens is 6. The Morgan fingerprint density at radius 1 is 1.11 bits per heavy atom. The lowest BCUT2D eigenvalue weighted by atomic mass is 9.82. The lowest BCUT2D eigenvalue weighted by Crippen LogP contribution is -2.35. The topological polar surface area (TPSA) is 127 Å². The van der Waals surface area contributed by atoms with Gasteiger partial charge < -0.3 is 19.7 Å². The zero-order valence-corrected chi connectivity index (χ0v) is 20.1. The molecular weight excluding hydrogens is 530 g/mol. The number of nitrogens with zero attached hydrogens (tertiary/aromatic N) is 4. The van der Waals surface area contributed by atoms with Crippen molar-refractivity contribution in [1.82, 2.24) is 19.7 Å². The molecule has 0 amide bonds.